The Morgan fingerprint density at radius 2 is 1.58 bits per heavy atom. The molecule has 0 heterocycles. The van der Waals surface area contributed by atoms with Gasteiger partial charge in [0.1, 0.15) is 4.58 Å². The van der Waals surface area contributed by atoms with E-state index in [0.717, 1.165) is 5.56 Å². The molecule has 1 rings (SSSR count). The molecule has 2 nitrogen and oxygen atoms in total. The zero-order chi connectivity index (χ0) is 14.8. The molecule has 0 radical (unpaired) electrons. The predicted molar refractivity (Wildman–Crippen MR) is 84.3 cm³/mol. The van der Waals surface area contributed by atoms with Crippen LogP contribution in [0.1, 0.15) is 33.3 Å². The van der Waals surface area contributed by atoms with Crippen LogP contribution in [0.25, 0.3) is 0 Å². The first-order valence-electron chi connectivity index (χ1n) is 6.44. The van der Waals surface area contributed by atoms with Crippen LogP contribution in [0.4, 0.5) is 0 Å². The monoisotopic (exact) mass is 300 g/mol. The number of aryl methyl sites for hydroxylation is 1. The Balaban J connectivity index is 3.20. The topological polar surface area (TPSA) is 34.1 Å². The van der Waals surface area contributed by atoms with E-state index in [1.165, 1.54) is 11.8 Å². The summed E-state index contributed by atoms with van der Waals surface area (Å²) >= 11 is 1.42. The Kier molecular flexibility index (Phi) is 5.13. The highest BCUT2D eigenvalue weighted by atomic mass is 32.3. The smallest absolute Gasteiger partial charge is 0.190 e. The minimum atomic E-state index is -3.29. The molecule has 0 bridgehead atoms. The molecule has 0 spiro atoms. The molecule has 0 aromatic heterocycles. The van der Waals surface area contributed by atoms with Crippen molar-refractivity contribution in [3.63, 3.8) is 0 Å². The molecule has 0 saturated carbocycles. The molecule has 4 heteroatoms. The van der Waals surface area contributed by atoms with Gasteiger partial charge in [0.05, 0.1) is 4.90 Å². The molecular formula is C15H24O2S2. The third kappa shape index (κ3) is 3.76. The molecular weight excluding hydrogens is 276 g/mol. The molecule has 1 aromatic rings. The molecule has 0 saturated heterocycles. The fourth-order valence-corrected chi connectivity index (χ4v) is 5.76. The first-order chi connectivity index (χ1) is 8.60. The van der Waals surface area contributed by atoms with Crippen molar-refractivity contribution in [1.29, 1.82) is 0 Å². The molecule has 0 aliphatic heterocycles. The fourth-order valence-electron chi connectivity index (χ4n) is 1.87. The standard InChI is InChI=1S/C15H24O2S2/c1-11-7-9-13(10-8-11)19(16,17)14(18-6)12(2)15(3,4)5/h7-10,12,14H,1-6H3/t12-,14+/m0/s1. The van der Waals surface area contributed by atoms with Crippen LogP contribution in [0.5, 0.6) is 0 Å². The lowest BCUT2D eigenvalue weighted by Gasteiger charge is -2.33. The van der Waals surface area contributed by atoms with E-state index >= 15 is 0 Å². The molecule has 0 unspecified atom stereocenters. The second kappa shape index (κ2) is 5.88. The number of hydrogen-bond acceptors (Lipinski definition) is 3. The summed E-state index contributed by atoms with van der Waals surface area (Å²) in [4.78, 5) is 0.425. The minimum absolute atomic E-state index is 0.0363. The van der Waals surface area contributed by atoms with Gasteiger partial charge in [0, 0.05) is 0 Å². The van der Waals surface area contributed by atoms with E-state index in [-0.39, 0.29) is 11.3 Å². The van der Waals surface area contributed by atoms with Crippen LogP contribution in [0, 0.1) is 18.3 Å². The largest absolute Gasteiger partial charge is 0.223 e. The van der Waals surface area contributed by atoms with Gasteiger partial charge in [-0.15, -0.1) is 11.8 Å². The van der Waals surface area contributed by atoms with E-state index in [1.807, 2.05) is 32.2 Å². The molecule has 1 aromatic carbocycles. The lowest BCUT2D eigenvalue weighted by Crippen LogP contribution is -2.33. The van der Waals surface area contributed by atoms with Gasteiger partial charge in [0.25, 0.3) is 0 Å². The Hall–Kier alpha value is -0.480. The van der Waals surface area contributed by atoms with Gasteiger partial charge in [-0.1, -0.05) is 45.4 Å². The van der Waals surface area contributed by atoms with Crippen LogP contribution in [0.3, 0.4) is 0 Å². The molecule has 19 heavy (non-hydrogen) atoms. The summed E-state index contributed by atoms with van der Waals surface area (Å²) in [6.07, 6.45) is 1.87. The van der Waals surface area contributed by atoms with Crippen molar-refractivity contribution in [2.24, 2.45) is 11.3 Å². The highest BCUT2D eigenvalue weighted by Crippen LogP contribution is 2.38. The van der Waals surface area contributed by atoms with E-state index in [2.05, 4.69) is 20.8 Å². The van der Waals surface area contributed by atoms with Gasteiger partial charge >= 0.3 is 0 Å². The summed E-state index contributed by atoms with van der Waals surface area (Å²) in [5, 5.41) is 0. The van der Waals surface area contributed by atoms with E-state index in [1.54, 1.807) is 12.1 Å². The van der Waals surface area contributed by atoms with Gasteiger partial charge in [-0.2, -0.15) is 0 Å². The maximum atomic E-state index is 12.7. The van der Waals surface area contributed by atoms with E-state index in [4.69, 9.17) is 0 Å². The van der Waals surface area contributed by atoms with Gasteiger partial charge in [-0.25, -0.2) is 8.42 Å². The van der Waals surface area contributed by atoms with Crippen molar-refractivity contribution in [1.82, 2.24) is 0 Å². The van der Waals surface area contributed by atoms with E-state index < -0.39 is 14.4 Å². The second-order valence-corrected chi connectivity index (χ2v) is 9.46. The Labute approximate surface area is 121 Å². The molecule has 0 aliphatic carbocycles. The van der Waals surface area contributed by atoms with Crippen LogP contribution >= 0.6 is 11.8 Å². The maximum absolute atomic E-state index is 12.7. The number of hydrogen-bond donors (Lipinski definition) is 0. The normalized spacial score (nSPS) is 16.1. The zero-order valence-corrected chi connectivity index (χ0v) is 14.2. The SMILES string of the molecule is CS[C@@H]([C@H](C)C(C)(C)C)S(=O)(=O)c1ccc(C)cc1. The molecule has 2 atom stereocenters. The number of rotatable bonds is 4. The summed E-state index contributed by atoms with van der Waals surface area (Å²) in [5.74, 6) is 0.0776. The average Bonchev–Trinajstić information content (AvgIpc) is 2.28. The molecule has 0 fully saturated rings. The van der Waals surface area contributed by atoms with Crippen molar-refractivity contribution < 1.29 is 8.42 Å². The zero-order valence-electron chi connectivity index (χ0n) is 12.6. The summed E-state index contributed by atoms with van der Waals surface area (Å²) in [7, 11) is -3.29. The molecule has 0 amide bonds. The van der Waals surface area contributed by atoms with Crippen LogP contribution in [-0.4, -0.2) is 19.3 Å². The van der Waals surface area contributed by atoms with Crippen LogP contribution in [0.2, 0.25) is 0 Å². The number of sulfone groups is 1. The van der Waals surface area contributed by atoms with Crippen molar-refractivity contribution in [2.75, 3.05) is 6.26 Å². The highest BCUT2D eigenvalue weighted by Gasteiger charge is 2.37. The predicted octanol–water partition coefficient (Wildman–Crippen LogP) is 4.14. The summed E-state index contributed by atoms with van der Waals surface area (Å²) in [6.45, 7) is 10.2. The highest BCUT2D eigenvalue weighted by molar-refractivity contribution is 8.13. The Morgan fingerprint density at radius 3 is 1.95 bits per heavy atom. The van der Waals surface area contributed by atoms with Gasteiger partial charge in [-0.05, 0) is 36.6 Å². The first-order valence-corrected chi connectivity index (χ1v) is 9.27. The molecule has 0 aliphatic rings. The Morgan fingerprint density at radius 1 is 1.11 bits per heavy atom. The van der Waals surface area contributed by atoms with Crippen molar-refractivity contribution in [2.45, 2.75) is 44.1 Å². The minimum Gasteiger partial charge on any atom is -0.223 e. The third-order valence-corrected chi connectivity index (χ3v) is 7.82. The van der Waals surface area contributed by atoms with Gasteiger partial charge in [0.15, 0.2) is 9.84 Å². The van der Waals surface area contributed by atoms with E-state index in [9.17, 15) is 8.42 Å². The third-order valence-electron chi connectivity index (χ3n) is 3.66. The molecule has 0 N–H and O–H groups in total. The average molecular weight is 300 g/mol. The van der Waals surface area contributed by atoms with Crippen LogP contribution in [0.15, 0.2) is 29.2 Å². The Bertz CT molecular complexity index is 510. The van der Waals surface area contributed by atoms with Gasteiger partial charge in [-0.3, -0.25) is 0 Å². The summed E-state index contributed by atoms with van der Waals surface area (Å²) in [5.41, 5.74) is 1.04. The number of thioether (sulfide) groups is 1. The maximum Gasteiger partial charge on any atom is 0.190 e. The summed E-state index contributed by atoms with van der Waals surface area (Å²) < 4.78 is 25.1. The van der Waals surface area contributed by atoms with Crippen molar-refractivity contribution in [3.8, 4) is 0 Å². The van der Waals surface area contributed by atoms with Crippen molar-refractivity contribution >= 4 is 21.6 Å². The quantitative estimate of drug-likeness (QED) is 0.838. The lowest BCUT2D eigenvalue weighted by molar-refractivity contribution is 0.276. The van der Waals surface area contributed by atoms with Crippen LogP contribution < -0.4 is 0 Å². The van der Waals surface area contributed by atoms with E-state index in [0.29, 0.717) is 4.90 Å². The molecule has 108 valence electrons. The van der Waals surface area contributed by atoms with Crippen LogP contribution in [-0.2, 0) is 9.84 Å². The first kappa shape index (κ1) is 16.6. The van der Waals surface area contributed by atoms with Gasteiger partial charge in [0.2, 0.25) is 0 Å². The number of benzene rings is 1. The fraction of sp³-hybridized carbons (Fsp3) is 0.600. The summed E-state index contributed by atoms with van der Waals surface area (Å²) in [6, 6.07) is 7.13. The second-order valence-electron chi connectivity index (χ2n) is 6.12. The lowest BCUT2D eigenvalue weighted by atomic mass is 9.83. The van der Waals surface area contributed by atoms with Gasteiger partial charge < -0.3 is 0 Å². The van der Waals surface area contributed by atoms with Crippen molar-refractivity contribution in [3.05, 3.63) is 29.8 Å².